The fraction of sp³-hybridized carbons (Fsp3) is 0.325. The van der Waals surface area contributed by atoms with E-state index in [1.54, 1.807) is 69.7 Å². The van der Waals surface area contributed by atoms with Gasteiger partial charge in [0.1, 0.15) is 118 Å². The van der Waals surface area contributed by atoms with Crippen LogP contribution in [0.3, 0.4) is 0 Å². The predicted octanol–water partition coefficient (Wildman–Crippen LogP) is 16.1. The van der Waals surface area contributed by atoms with Crippen LogP contribution in [0.15, 0.2) is 138 Å². The molecule has 3 fully saturated rings. The molecule has 0 aliphatic carbocycles. The predicted molar refractivity (Wildman–Crippen MR) is 422 cm³/mol. The Labute approximate surface area is 668 Å². The summed E-state index contributed by atoms with van der Waals surface area (Å²) in [7, 11) is 7.97. The number of carboxylic acids is 1. The van der Waals surface area contributed by atoms with Gasteiger partial charge in [-0.2, -0.15) is 15.3 Å². The number of nitrogens with zero attached hydrogens (tertiary/aromatic N) is 13. The normalized spacial score (nSPS) is 13.6. The molecule has 0 saturated carbocycles. The van der Waals surface area contributed by atoms with E-state index in [-0.39, 0.29) is 124 Å². The summed E-state index contributed by atoms with van der Waals surface area (Å²) in [5.74, 6) is -1.70. The minimum atomic E-state index is -0.787. The van der Waals surface area contributed by atoms with E-state index in [2.05, 4.69) is 70.0 Å². The lowest BCUT2D eigenvalue weighted by Gasteiger charge is -2.23. The number of carboxylic acid groups (broad SMARTS) is 1. The fourth-order valence-electron chi connectivity index (χ4n) is 12.1. The largest absolute Gasteiger partial charge is 0.489 e. The first-order valence-electron chi connectivity index (χ1n) is 35.7. The number of carbonyl (C=O) groups is 1. The van der Waals surface area contributed by atoms with Gasteiger partial charge in [-0.3, -0.25) is 29.0 Å². The molecule has 0 amide bonds. The van der Waals surface area contributed by atoms with Gasteiger partial charge in [-0.05, 0) is 121 Å². The maximum atomic E-state index is 15.5. The maximum Gasteiger partial charge on any atom is 0.317 e. The summed E-state index contributed by atoms with van der Waals surface area (Å²) in [6.07, 6.45) is 9.27. The quantitative estimate of drug-likeness (QED) is 0.0253. The lowest BCUT2D eigenvalue weighted by molar-refractivity contribution is -0.252. The molecule has 0 spiro atoms. The van der Waals surface area contributed by atoms with E-state index in [1.807, 2.05) is 38.1 Å². The van der Waals surface area contributed by atoms with E-state index in [9.17, 15) is 18.0 Å². The van der Waals surface area contributed by atoms with Crippen molar-refractivity contribution in [2.75, 3.05) is 98.8 Å². The summed E-state index contributed by atoms with van der Waals surface area (Å²) in [5.41, 5.74) is 24.2. The highest BCUT2D eigenvalue weighted by molar-refractivity contribution is 9.10. The van der Waals surface area contributed by atoms with Gasteiger partial charge in [0.05, 0.1) is 43.2 Å². The summed E-state index contributed by atoms with van der Waals surface area (Å²) >= 11 is 3.22. The number of nitrogens with two attached hydrogens (primary N) is 3. The first-order chi connectivity index (χ1) is 54.9. The van der Waals surface area contributed by atoms with E-state index in [1.165, 1.54) is 88.3 Å². The molecule has 9 heterocycles. The van der Waals surface area contributed by atoms with Crippen molar-refractivity contribution in [3.05, 3.63) is 213 Å². The Kier molecular flexibility index (Phi) is 31.7. The van der Waals surface area contributed by atoms with Crippen LogP contribution in [0.4, 0.5) is 50.8 Å². The number of aryl methyl sites for hydroxylation is 2. The Morgan fingerprint density at radius 3 is 1.31 bits per heavy atom. The number of benzene rings is 5. The van der Waals surface area contributed by atoms with Crippen LogP contribution in [-0.2, 0) is 46.4 Å². The van der Waals surface area contributed by atoms with E-state index in [0.29, 0.717) is 85.2 Å². The lowest BCUT2D eigenvalue weighted by Crippen LogP contribution is -2.21. The van der Waals surface area contributed by atoms with E-state index < -0.39 is 41.5 Å². The number of fused-ring (bicyclic) bond motifs is 1. The van der Waals surface area contributed by atoms with Gasteiger partial charge in [0, 0.05) is 166 Å². The third-order valence-electron chi connectivity index (χ3n) is 17.7. The first-order valence-corrected chi connectivity index (χ1v) is 36.5. The zero-order valence-electron chi connectivity index (χ0n) is 64.1. The van der Waals surface area contributed by atoms with Gasteiger partial charge in [-0.25, -0.2) is 46.3 Å². The Bertz CT molecular complexity index is 5160. The van der Waals surface area contributed by atoms with Crippen LogP contribution in [0.1, 0.15) is 79.2 Å². The van der Waals surface area contributed by atoms with Crippen LogP contribution < -0.4 is 42.3 Å². The Hall–Kier alpha value is -11.8. The van der Waals surface area contributed by atoms with Gasteiger partial charge < -0.3 is 75.8 Å². The zero-order chi connectivity index (χ0) is 81.5. The van der Waals surface area contributed by atoms with E-state index in [4.69, 9.17) is 73.7 Å². The molecule has 0 radical (unpaired) electrons. The third-order valence-corrected chi connectivity index (χ3v) is 18.2. The number of halogens is 6. The van der Waals surface area contributed by atoms with E-state index in [0.717, 1.165) is 54.3 Å². The molecule has 115 heavy (non-hydrogen) atoms. The molecule has 3 aliphatic heterocycles. The Morgan fingerprint density at radius 1 is 0.548 bits per heavy atom. The Morgan fingerprint density at radius 2 is 0.948 bits per heavy atom. The number of anilines is 3. The molecule has 6 aromatic heterocycles. The van der Waals surface area contributed by atoms with Crippen LogP contribution in [-0.4, -0.2) is 153 Å². The van der Waals surface area contributed by atoms with Gasteiger partial charge in [-0.1, -0.05) is 28.1 Å². The molecular weight excluding hydrogens is 1570 g/mol. The summed E-state index contributed by atoms with van der Waals surface area (Å²) < 4.78 is 132. The SMILES string of the molecule is CN(C)CC(=O)O.COC(OC)OC.Cc1ccc(COc2cc(F)cc(Oc3ccc(-c4nn(C5CCOCC5)c5ncnc(N)c45)c(F)c3)c2)cn1.N.[C-]#[N+]c1c(-c2ccc(Br)cc2F)nn(C2CCOCC2)c1N.[C-]#[N+]c1c(-c2ccc(Oc3cc(F)cc(OCc4ccc(C)nc4)c3)cc2F)nn(C2CCOCC2)c1N. The van der Waals surface area contributed by atoms with Crippen LogP contribution in [0.25, 0.3) is 54.5 Å². The number of likely N-dealkylation sites (N-methyl/N-ethyl adjacent to an activating group) is 1. The fourth-order valence-corrected chi connectivity index (χ4v) is 12.5. The smallest absolute Gasteiger partial charge is 0.317 e. The number of rotatable bonds is 21. The van der Waals surface area contributed by atoms with Gasteiger partial charge in [0.15, 0.2) is 5.65 Å². The second-order valence-electron chi connectivity index (χ2n) is 26.2. The van der Waals surface area contributed by atoms with Gasteiger partial charge in [0.2, 0.25) is 0 Å². The van der Waals surface area contributed by atoms with Crippen LogP contribution in [0.2, 0.25) is 0 Å². The van der Waals surface area contributed by atoms with Crippen LogP contribution in [0.5, 0.6) is 34.5 Å². The van der Waals surface area contributed by atoms with Crippen molar-refractivity contribution in [1.82, 2.24) is 60.3 Å². The topological polar surface area (TPSA) is 360 Å². The summed E-state index contributed by atoms with van der Waals surface area (Å²) in [6, 6.07) is 28.7. The number of aromatic nitrogens is 10. The highest BCUT2D eigenvalue weighted by atomic mass is 79.9. The number of hydrogen-bond acceptors (Lipinski definition) is 23. The van der Waals surface area contributed by atoms with Crippen molar-refractivity contribution < 1.29 is 79.2 Å². The molecule has 11 aromatic rings. The van der Waals surface area contributed by atoms with Crippen LogP contribution >= 0.6 is 15.9 Å². The molecule has 0 unspecified atom stereocenters. The summed E-state index contributed by atoms with van der Waals surface area (Å²) in [6.45, 7) is 22.3. The first kappa shape index (κ1) is 87.2. The Balaban J connectivity index is 0.000000186. The molecule has 0 atom stereocenters. The standard InChI is InChI=1S/C29H26F2N6O3.C28H25F2N5O3.C15H14BrFN4O.C4H9NO2.C4H10O3.H3N/c1-17-2-3-18(14-33-17)15-39-22-10-19(30)11-23(12-22)40-21-4-5-24(25(31)13-21)27-26-28(32)34-16-35-29(26)37(36-27)20-6-8-38-9-7-20;1-17-3-4-18(15-33-17)16-37-22-11-19(29)12-23(13-22)38-21-5-6-24(25(30)14-21)26-27(32-2)28(31)35(34-26)20-7-9-36-10-8-20;1-19-14-13(11-3-2-9(16)8-12(11)17)20-21(15(14)18)10-4-6-22-7-5-10;1-5(2)3-4(6)7;1-5-4(6-2)7-3;/h2-5,10-14,16,20H,6-9,15H2,1H3,(H2,32,34,35);3-6,11-15,20H,7-10,16,31H2,1H3;2-3,8,10H,4-7,18H2;3H2,1-2H3,(H,6,7);4H,1-3H3;1H3. The highest BCUT2D eigenvalue weighted by Gasteiger charge is 2.30. The number of methoxy groups -OCH3 is 3. The van der Waals surface area contributed by atoms with Crippen molar-refractivity contribution in [3.8, 4) is 68.3 Å². The molecule has 0 bridgehead atoms. The zero-order valence-corrected chi connectivity index (χ0v) is 65.7. The lowest BCUT2D eigenvalue weighted by atomic mass is 10.1. The molecule has 10 N–H and O–H groups in total. The van der Waals surface area contributed by atoms with Crippen molar-refractivity contribution in [2.24, 2.45) is 0 Å². The average Bonchev–Trinajstić information content (AvgIpc) is 1.59. The minimum Gasteiger partial charge on any atom is -0.489 e. The van der Waals surface area contributed by atoms with Crippen molar-refractivity contribution >= 4 is 61.8 Å². The molecule has 35 heteroatoms. The molecule has 14 rings (SSSR count). The highest BCUT2D eigenvalue weighted by Crippen LogP contribution is 2.43. The number of aliphatic carboxylic acids is 1. The average molecular weight is 1650 g/mol. The van der Waals surface area contributed by atoms with Gasteiger partial charge in [0.25, 0.3) is 17.9 Å². The number of pyridine rings is 2. The monoisotopic (exact) mass is 1650 g/mol. The third kappa shape index (κ3) is 23.5. The maximum absolute atomic E-state index is 15.5. The minimum absolute atomic E-state index is 0. The molecular formula is C80H87BrF5N17O12. The molecule has 5 aromatic carbocycles. The summed E-state index contributed by atoms with van der Waals surface area (Å²) in [4.78, 5) is 35.3. The molecule has 3 saturated heterocycles. The number of ether oxygens (including phenoxy) is 10. The second-order valence-corrected chi connectivity index (χ2v) is 27.2. The van der Waals surface area contributed by atoms with Crippen molar-refractivity contribution in [2.45, 2.75) is 90.2 Å². The number of hydrogen-bond donors (Lipinski definition) is 5. The molecule has 606 valence electrons. The molecule has 3 aliphatic rings. The van der Waals surface area contributed by atoms with E-state index >= 15 is 8.78 Å². The van der Waals surface area contributed by atoms with Crippen LogP contribution in [0, 0.1) is 56.1 Å². The second kappa shape index (κ2) is 41.8. The van der Waals surface area contributed by atoms with Crippen molar-refractivity contribution in [3.63, 3.8) is 0 Å². The molecule has 29 nitrogen and oxygen atoms in total. The number of nitrogen functional groups attached to an aromatic ring is 3. The van der Waals surface area contributed by atoms with Gasteiger partial charge >= 0.3 is 5.97 Å². The van der Waals surface area contributed by atoms with Crippen molar-refractivity contribution in [1.29, 1.82) is 0 Å². The van der Waals surface area contributed by atoms with Gasteiger partial charge in [-0.15, -0.1) is 0 Å². The summed E-state index contributed by atoms with van der Waals surface area (Å²) in [5, 5.41) is 22.2.